The van der Waals surface area contributed by atoms with Crippen molar-refractivity contribution < 1.29 is 14.7 Å². The van der Waals surface area contributed by atoms with E-state index in [1.54, 1.807) is 11.8 Å². The fourth-order valence-electron chi connectivity index (χ4n) is 3.61. The number of tetrazole rings is 1. The Hall–Kier alpha value is -2.62. The molecule has 1 atom stereocenters. The van der Waals surface area contributed by atoms with E-state index in [0.29, 0.717) is 44.8 Å². The van der Waals surface area contributed by atoms with Crippen LogP contribution < -0.4 is 10.5 Å². The summed E-state index contributed by atoms with van der Waals surface area (Å²) in [7, 11) is 1.64. The summed E-state index contributed by atoms with van der Waals surface area (Å²) in [5, 5.41) is 22.3. The maximum absolute atomic E-state index is 12.7. The molecule has 0 saturated carbocycles. The van der Waals surface area contributed by atoms with Crippen LogP contribution in [0.1, 0.15) is 28.9 Å². The van der Waals surface area contributed by atoms with Crippen LogP contribution in [0.15, 0.2) is 23.0 Å². The number of aromatic nitrogens is 5. The van der Waals surface area contributed by atoms with E-state index in [0.717, 1.165) is 32.8 Å². The van der Waals surface area contributed by atoms with Crippen molar-refractivity contribution in [3.05, 3.63) is 51.1 Å². The first-order chi connectivity index (χ1) is 14.0. The van der Waals surface area contributed by atoms with Crippen LogP contribution in [0.5, 0.6) is 0 Å². The predicted octanol–water partition coefficient (Wildman–Crippen LogP) is -0.255. The second-order valence-corrected chi connectivity index (χ2v) is 7.41. The normalized spacial score (nSPS) is 12.6. The van der Waals surface area contributed by atoms with Gasteiger partial charge < -0.3 is 19.7 Å². The van der Waals surface area contributed by atoms with Crippen LogP contribution in [0, 0.1) is 13.8 Å². The molecule has 0 spiro atoms. The minimum Gasteiger partial charge on any atom is -0.396 e. The number of benzene rings is 1. The monoisotopic (exact) mass is 401 g/mol. The quantitative estimate of drug-likeness (QED) is 0.432. The molecule has 2 aromatic heterocycles. The molecule has 3 N–H and O–H groups in total. The van der Waals surface area contributed by atoms with Gasteiger partial charge in [0.05, 0.1) is 25.3 Å². The number of aryl methyl sites for hydroxylation is 2. The Bertz CT molecular complexity index is 1010. The fourth-order valence-corrected chi connectivity index (χ4v) is 3.61. The predicted molar refractivity (Wildman–Crippen MR) is 109 cm³/mol. The molecule has 0 radical (unpaired) electrons. The minimum absolute atomic E-state index is 0.0806. The topological polar surface area (TPSA) is 110 Å². The van der Waals surface area contributed by atoms with E-state index in [4.69, 9.17) is 4.74 Å². The summed E-state index contributed by atoms with van der Waals surface area (Å²) in [6, 6.07) is 6.09. The molecule has 0 saturated heterocycles. The molecule has 0 aliphatic heterocycles. The van der Waals surface area contributed by atoms with Crippen molar-refractivity contribution in [1.82, 2.24) is 25.2 Å². The van der Waals surface area contributed by atoms with E-state index in [1.165, 1.54) is 0 Å². The summed E-state index contributed by atoms with van der Waals surface area (Å²) in [6.07, 6.45) is 0.638. The van der Waals surface area contributed by atoms with Gasteiger partial charge in [0, 0.05) is 31.0 Å². The van der Waals surface area contributed by atoms with Gasteiger partial charge in [0.25, 0.3) is 5.56 Å². The van der Waals surface area contributed by atoms with Crippen LogP contribution >= 0.6 is 0 Å². The number of pyridine rings is 1. The molecule has 2 heterocycles. The van der Waals surface area contributed by atoms with Crippen molar-refractivity contribution in [3.63, 3.8) is 0 Å². The zero-order valence-electron chi connectivity index (χ0n) is 17.2. The maximum Gasteiger partial charge on any atom is 0.257 e. The molecule has 3 aromatic rings. The zero-order valence-corrected chi connectivity index (χ0v) is 17.2. The molecule has 0 bridgehead atoms. The third kappa shape index (κ3) is 5.26. The Kier molecular flexibility index (Phi) is 7.08. The number of nitrogens with zero attached hydrogens (tertiary/aromatic N) is 4. The van der Waals surface area contributed by atoms with Gasteiger partial charge in [0.1, 0.15) is 13.1 Å². The number of H-pyrrole nitrogens is 1. The molecule has 9 heteroatoms. The lowest BCUT2D eigenvalue weighted by molar-refractivity contribution is -0.928. The number of hydrogen-bond donors (Lipinski definition) is 3. The first-order valence-corrected chi connectivity index (χ1v) is 9.83. The van der Waals surface area contributed by atoms with Crippen molar-refractivity contribution in [2.24, 2.45) is 0 Å². The van der Waals surface area contributed by atoms with Crippen molar-refractivity contribution in [1.29, 1.82) is 0 Å². The van der Waals surface area contributed by atoms with Gasteiger partial charge >= 0.3 is 0 Å². The number of ether oxygens (including phenoxy) is 1. The summed E-state index contributed by atoms with van der Waals surface area (Å²) in [5.74, 6) is 0.735. The molecule has 1 aromatic carbocycles. The molecular formula is C20H29N6O3+. The summed E-state index contributed by atoms with van der Waals surface area (Å²) in [5.41, 5.74) is 3.75. The third-order valence-electron chi connectivity index (χ3n) is 5.04. The molecule has 0 aliphatic rings. The highest BCUT2D eigenvalue weighted by molar-refractivity contribution is 5.83. The summed E-state index contributed by atoms with van der Waals surface area (Å²) < 4.78 is 6.83. The van der Waals surface area contributed by atoms with Gasteiger partial charge in [0.15, 0.2) is 0 Å². The maximum atomic E-state index is 12.7. The average Bonchev–Trinajstić information content (AvgIpc) is 3.12. The van der Waals surface area contributed by atoms with Crippen LogP contribution in [-0.2, 0) is 24.4 Å². The molecule has 29 heavy (non-hydrogen) atoms. The Labute approximate surface area is 169 Å². The average molecular weight is 401 g/mol. The number of rotatable bonds is 10. The zero-order chi connectivity index (χ0) is 20.8. The lowest BCUT2D eigenvalue weighted by Crippen LogP contribution is -3.09. The Morgan fingerprint density at radius 1 is 1.24 bits per heavy atom. The number of nitrogens with one attached hydrogen (secondary N) is 2. The van der Waals surface area contributed by atoms with Gasteiger partial charge in [0.2, 0.25) is 5.82 Å². The Morgan fingerprint density at radius 2 is 2.07 bits per heavy atom. The number of quaternary nitrogens is 1. The molecular weight excluding hydrogens is 372 g/mol. The molecule has 1 unspecified atom stereocenters. The highest BCUT2D eigenvalue weighted by Gasteiger charge is 2.18. The van der Waals surface area contributed by atoms with Crippen molar-refractivity contribution in [2.75, 3.05) is 26.9 Å². The van der Waals surface area contributed by atoms with Crippen LogP contribution in [-0.4, -0.2) is 57.2 Å². The molecule has 0 aliphatic carbocycles. The molecule has 9 nitrogen and oxygen atoms in total. The van der Waals surface area contributed by atoms with Gasteiger partial charge in [-0.25, -0.2) is 4.68 Å². The highest BCUT2D eigenvalue weighted by Crippen LogP contribution is 2.18. The number of aromatic amines is 1. The molecule has 0 fully saturated rings. The highest BCUT2D eigenvalue weighted by atomic mass is 16.5. The summed E-state index contributed by atoms with van der Waals surface area (Å²) in [6.45, 7) is 7.05. The molecule has 0 amide bonds. The van der Waals surface area contributed by atoms with Gasteiger partial charge in [-0.1, -0.05) is 6.07 Å². The Balaban J connectivity index is 1.86. The minimum atomic E-state index is -0.0806. The first kappa shape index (κ1) is 21.1. The second-order valence-electron chi connectivity index (χ2n) is 7.41. The van der Waals surface area contributed by atoms with Gasteiger partial charge in [-0.15, -0.1) is 5.10 Å². The van der Waals surface area contributed by atoms with Crippen LogP contribution in [0.4, 0.5) is 0 Å². The lowest BCUT2D eigenvalue weighted by Gasteiger charge is -2.19. The van der Waals surface area contributed by atoms with Crippen molar-refractivity contribution >= 4 is 10.9 Å². The van der Waals surface area contributed by atoms with Crippen LogP contribution in [0.25, 0.3) is 10.9 Å². The van der Waals surface area contributed by atoms with E-state index < -0.39 is 0 Å². The SMILES string of the molecule is COCCn1nnnc1C[NH+](CCCO)Cc1cc2c(C)cc(C)cc2[nH]c1=O. The standard InChI is InChI=1S/C20H28N6O3/c1-14-9-15(2)17-11-16(20(28)21-18(17)10-14)12-25(5-4-7-27)13-19-22-23-24-26(19)6-8-29-3/h9-11,27H,4-8,12-13H2,1-3H3,(H,21,28)/p+1. The third-order valence-corrected chi connectivity index (χ3v) is 5.04. The molecule has 156 valence electrons. The van der Waals surface area contributed by atoms with Crippen molar-refractivity contribution in [2.45, 2.75) is 39.9 Å². The van der Waals surface area contributed by atoms with Crippen LogP contribution in [0.3, 0.4) is 0 Å². The van der Waals surface area contributed by atoms with E-state index in [1.807, 2.05) is 19.1 Å². The number of fused-ring (bicyclic) bond motifs is 1. The fraction of sp³-hybridized carbons (Fsp3) is 0.500. The van der Waals surface area contributed by atoms with E-state index in [9.17, 15) is 9.90 Å². The number of hydrogen-bond acceptors (Lipinski definition) is 6. The van der Waals surface area contributed by atoms with Gasteiger partial charge in [-0.2, -0.15) is 0 Å². The largest absolute Gasteiger partial charge is 0.396 e. The Morgan fingerprint density at radius 3 is 2.83 bits per heavy atom. The van der Waals surface area contributed by atoms with Gasteiger partial charge in [-0.05, 0) is 47.5 Å². The number of aliphatic hydroxyl groups excluding tert-OH is 1. The molecule has 3 rings (SSSR count). The summed E-state index contributed by atoms with van der Waals surface area (Å²) in [4.78, 5) is 16.8. The smallest absolute Gasteiger partial charge is 0.257 e. The summed E-state index contributed by atoms with van der Waals surface area (Å²) >= 11 is 0. The number of aliphatic hydroxyl groups is 1. The van der Waals surface area contributed by atoms with E-state index >= 15 is 0 Å². The first-order valence-electron chi connectivity index (χ1n) is 9.83. The van der Waals surface area contributed by atoms with Crippen molar-refractivity contribution in [3.8, 4) is 0 Å². The second kappa shape index (κ2) is 9.73. The van der Waals surface area contributed by atoms with Crippen LogP contribution in [0.2, 0.25) is 0 Å². The van der Waals surface area contributed by atoms with E-state index in [2.05, 4.69) is 33.5 Å². The van der Waals surface area contributed by atoms with E-state index in [-0.39, 0.29) is 12.2 Å². The lowest BCUT2D eigenvalue weighted by atomic mass is 10.0. The number of methoxy groups -OCH3 is 1. The van der Waals surface area contributed by atoms with Gasteiger partial charge in [-0.3, -0.25) is 4.79 Å².